The van der Waals surface area contributed by atoms with E-state index in [0.717, 1.165) is 45.3 Å². The SMILES string of the molecule is [CH2]CCCC=CN(CCCC)[N+](C[CH]CCC=C)CCCCC. The molecule has 0 saturated heterocycles. The zero-order chi connectivity index (χ0) is 17.2. The van der Waals surface area contributed by atoms with Gasteiger partial charge in [0.05, 0.1) is 12.7 Å². The van der Waals surface area contributed by atoms with E-state index in [4.69, 9.17) is 0 Å². The molecule has 0 aliphatic carbocycles. The zero-order valence-electron chi connectivity index (χ0n) is 15.8. The van der Waals surface area contributed by atoms with Gasteiger partial charge in [0.25, 0.3) is 0 Å². The van der Waals surface area contributed by atoms with Gasteiger partial charge in [-0.1, -0.05) is 57.2 Å². The second-order valence-electron chi connectivity index (χ2n) is 6.17. The van der Waals surface area contributed by atoms with Crippen molar-refractivity contribution in [2.75, 3.05) is 19.6 Å². The van der Waals surface area contributed by atoms with Crippen molar-refractivity contribution in [1.82, 2.24) is 10.0 Å². The lowest BCUT2D eigenvalue weighted by molar-refractivity contribution is 0.127. The van der Waals surface area contributed by atoms with Crippen molar-refractivity contribution in [2.24, 2.45) is 0 Å². The second-order valence-corrected chi connectivity index (χ2v) is 6.17. The van der Waals surface area contributed by atoms with Gasteiger partial charge in [0.15, 0.2) is 13.1 Å². The van der Waals surface area contributed by atoms with Crippen molar-refractivity contribution < 1.29 is 0 Å². The van der Waals surface area contributed by atoms with Gasteiger partial charge in [-0.3, -0.25) is 0 Å². The highest BCUT2D eigenvalue weighted by Crippen LogP contribution is 2.07. The van der Waals surface area contributed by atoms with Crippen molar-refractivity contribution in [2.45, 2.75) is 78.1 Å². The molecule has 0 saturated carbocycles. The maximum Gasteiger partial charge on any atom is 0.154 e. The maximum absolute atomic E-state index is 3.92. The predicted octanol–water partition coefficient (Wildman–Crippen LogP) is 6.02. The molecule has 3 radical (unpaired) electrons. The minimum atomic E-state index is 1.02. The van der Waals surface area contributed by atoms with Crippen molar-refractivity contribution in [3.05, 3.63) is 38.3 Å². The summed E-state index contributed by atoms with van der Waals surface area (Å²) in [7, 11) is 0. The van der Waals surface area contributed by atoms with Crippen LogP contribution >= 0.6 is 0 Å². The van der Waals surface area contributed by atoms with Crippen LogP contribution in [0.15, 0.2) is 24.9 Å². The molecule has 0 bridgehead atoms. The van der Waals surface area contributed by atoms with Crippen LogP contribution < -0.4 is 5.01 Å². The molecule has 0 unspecified atom stereocenters. The van der Waals surface area contributed by atoms with E-state index in [1.165, 1.54) is 38.5 Å². The van der Waals surface area contributed by atoms with Crippen LogP contribution in [0.3, 0.4) is 0 Å². The first kappa shape index (κ1) is 22.2. The van der Waals surface area contributed by atoms with Gasteiger partial charge in [-0.2, -0.15) is 5.01 Å². The lowest BCUT2D eigenvalue weighted by atomic mass is 10.2. The van der Waals surface area contributed by atoms with E-state index in [0.29, 0.717) is 0 Å². The fourth-order valence-electron chi connectivity index (χ4n) is 2.43. The molecule has 0 atom stereocenters. The summed E-state index contributed by atoms with van der Waals surface area (Å²) in [6.45, 7) is 15.6. The average molecular weight is 321 g/mol. The quantitative estimate of drug-likeness (QED) is 0.138. The highest BCUT2D eigenvalue weighted by Gasteiger charge is 2.21. The number of hydrogen-bond donors (Lipinski definition) is 0. The standard InChI is InChI=1S/C21H40N2/c1-5-9-13-16-20-22(18-12-8-4)23(19-15-11-7-3)21-17-14-10-6-2/h6,16-17,20H,1-2,5,7-15,18-19,21H2,3-4H3/q+1. The molecule has 0 aliphatic heterocycles. The summed E-state index contributed by atoms with van der Waals surface area (Å²) in [4.78, 5) is 0. The zero-order valence-corrected chi connectivity index (χ0v) is 15.8. The van der Waals surface area contributed by atoms with Crippen LogP contribution in [0.25, 0.3) is 0 Å². The average Bonchev–Trinajstić information content (AvgIpc) is 2.57. The van der Waals surface area contributed by atoms with Crippen LogP contribution in [0.4, 0.5) is 0 Å². The number of hydrazine groups is 1. The molecule has 0 aromatic carbocycles. The number of hydrogen-bond acceptors (Lipinski definition) is 2. The Morgan fingerprint density at radius 1 is 0.957 bits per heavy atom. The Bertz CT molecular complexity index is 273. The van der Waals surface area contributed by atoms with Gasteiger partial charge in [-0.15, -0.1) is 6.58 Å². The van der Waals surface area contributed by atoms with Crippen LogP contribution in [-0.2, 0) is 0 Å². The molecular formula is C21H40N2+. The molecule has 2 heteroatoms. The Morgan fingerprint density at radius 3 is 2.39 bits per heavy atom. The smallest absolute Gasteiger partial charge is 0.154 e. The maximum atomic E-state index is 3.92. The largest absolute Gasteiger partial charge is 0.183 e. The summed E-state index contributed by atoms with van der Waals surface area (Å²) in [5, 5.41) is 4.97. The third kappa shape index (κ3) is 13.4. The van der Waals surface area contributed by atoms with E-state index in [-0.39, 0.29) is 0 Å². The summed E-state index contributed by atoms with van der Waals surface area (Å²) in [5.41, 5.74) is 0. The number of allylic oxidation sites excluding steroid dienone is 2. The van der Waals surface area contributed by atoms with Gasteiger partial charge in [0.1, 0.15) is 0 Å². The second kappa shape index (κ2) is 17.6. The topological polar surface area (TPSA) is 9.14 Å². The molecule has 23 heavy (non-hydrogen) atoms. The molecule has 0 amide bonds. The molecule has 2 nitrogen and oxygen atoms in total. The minimum absolute atomic E-state index is 1.02. The highest BCUT2D eigenvalue weighted by molar-refractivity contribution is 4.86. The molecule has 0 N–H and O–H groups in total. The Balaban J connectivity index is 4.57. The first-order chi connectivity index (χ1) is 11.3. The van der Waals surface area contributed by atoms with Gasteiger partial charge in [0, 0.05) is 12.8 Å². The minimum Gasteiger partial charge on any atom is -0.183 e. The lowest BCUT2D eigenvalue weighted by Crippen LogP contribution is -2.46. The van der Waals surface area contributed by atoms with E-state index < -0.39 is 0 Å². The van der Waals surface area contributed by atoms with Crippen molar-refractivity contribution in [1.29, 1.82) is 0 Å². The van der Waals surface area contributed by atoms with E-state index in [1.54, 1.807) is 0 Å². The van der Waals surface area contributed by atoms with Crippen LogP contribution in [0.1, 0.15) is 78.1 Å². The summed E-state index contributed by atoms with van der Waals surface area (Å²) in [6, 6.07) is 0. The van der Waals surface area contributed by atoms with Crippen molar-refractivity contribution in [3.63, 3.8) is 0 Å². The predicted molar refractivity (Wildman–Crippen MR) is 105 cm³/mol. The molecule has 0 fully saturated rings. The third-order valence-corrected chi connectivity index (χ3v) is 3.94. The van der Waals surface area contributed by atoms with Crippen LogP contribution in [0.2, 0.25) is 0 Å². The Morgan fingerprint density at radius 2 is 1.74 bits per heavy atom. The number of nitrogens with zero attached hydrogens (tertiary/aromatic N) is 2. The molecule has 0 heterocycles. The molecule has 0 aromatic rings. The van der Waals surface area contributed by atoms with Gasteiger partial charge in [-0.25, -0.2) is 0 Å². The van der Waals surface area contributed by atoms with E-state index >= 15 is 0 Å². The van der Waals surface area contributed by atoms with Gasteiger partial charge >= 0.3 is 0 Å². The summed E-state index contributed by atoms with van der Waals surface area (Å²) in [5.74, 6) is 0. The Hall–Kier alpha value is -0.760. The molecule has 0 aromatic heterocycles. The van der Waals surface area contributed by atoms with Crippen LogP contribution in [0.5, 0.6) is 0 Å². The molecule has 133 valence electrons. The molecule has 0 aliphatic rings. The molecule has 0 rings (SSSR count). The van der Waals surface area contributed by atoms with Gasteiger partial charge in [-0.05, 0) is 38.5 Å². The highest BCUT2D eigenvalue weighted by atomic mass is 15.6. The normalized spacial score (nSPS) is 11.5. The first-order valence-electron chi connectivity index (χ1n) is 9.70. The van der Waals surface area contributed by atoms with Crippen LogP contribution in [-0.4, -0.2) is 24.6 Å². The third-order valence-electron chi connectivity index (χ3n) is 3.94. The van der Waals surface area contributed by atoms with Gasteiger partial charge in [0.2, 0.25) is 0 Å². The molecule has 0 spiro atoms. The van der Waals surface area contributed by atoms with E-state index in [2.05, 4.69) is 56.1 Å². The Kier molecular flexibility index (Phi) is 17.0. The van der Waals surface area contributed by atoms with Crippen LogP contribution in [0, 0.1) is 13.3 Å². The van der Waals surface area contributed by atoms with E-state index in [9.17, 15) is 0 Å². The summed E-state index contributed by atoms with van der Waals surface area (Å²) >= 11 is 0. The number of unbranched alkanes of at least 4 members (excludes halogenated alkanes) is 7. The van der Waals surface area contributed by atoms with E-state index in [1.807, 2.05) is 6.08 Å². The summed E-state index contributed by atoms with van der Waals surface area (Å²) < 4.78 is 0. The first-order valence-corrected chi connectivity index (χ1v) is 9.70. The Labute approximate surface area is 146 Å². The fourth-order valence-corrected chi connectivity index (χ4v) is 2.43. The fraction of sp³-hybridized carbons (Fsp3) is 0.714. The molecular weight excluding hydrogens is 280 g/mol. The van der Waals surface area contributed by atoms with Crippen molar-refractivity contribution in [3.8, 4) is 0 Å². The lowest BCUT2D eigenvalue weighted by Gasteiger charge is -2.23. The van der Waals surface area contributed by atoms with Crippen molar-refractivity contribution >= 4 is 0 Å². The monoisotopic (exact) mass is 320 g/mol. The number of rotatable bonds is 17. The summed E-state index contributed by atoms with van der Waals surface area (Å²) in [6.07, 6.45) is 20.9. The van der Waals surface area contributed by atoms with Gasteiger partial charge < -0.3 is 0 Å².